The first-order valence-corrected chi connectivity index (χ1v) is 9.31. The lowest BCUT2D eigenvalue weighted by Crippen LogP contribution is -2.40. The third-order valence-electron chi connectivity index (χ3n) is 4.63. The predicted molar refractivity (Wildman–Crippen MR) is 105 cm³/mol. The van der Waals surface area contributed by atoms with Crippen LogP contribution in [0.2, 0.25) is 0 Å². The van der Waals surface area contributed by atoms with E-state index in [1.54, 1.807) is 18.2 Å². The van der Waals surface area contributed by atoms with Crippen molar-refractivity contribution in [3.8, 4) is 0 Å². The maximum absolute atomic E-state index is 12.4. The highest BCUT2D eigenvalue weighted by molar-refractivity contribution is 9.10. The third kappa shape index (κ3) is 3.26. The molecule has 1 aliphatic rings. The van der Waals surface area contributed by atoms with Crippen LogP contribution in [-0.4, -0.2) is 40.7 Å². The summed E-state index contributed by atoms with van der Waals surface area (Å²) in [6.45, 7) is 0.146. The lowest BCUT2D eigenvalue weighted by molar-refractivity contribution is -0.121. The normalized spacial score (nSPS) is 13.3. The summed E-state index contributed by atoms with van der Waals surface area (Å²) in [5, 5.41) is 3.91. The number of fused-ring (bicyclic) bond motifs is 2. The third-order valence-corrected chi connectivity index (χ3v) is 5.12. The van der Waals surface area contributed by atoms with Crippen molar-refractivity contribution in [3.63, 3.8) is 0 Å². The minimum Gasteiger partial charge on any atom is -0.361 e. The molecule has 3 aromatic rings. The van der Waals surface area contributed by atoms with E-state index in [4.69, 9.17) is 0 Å². The van der Waals surface area contributed by atoms with Crippen molar-refractivity contribution in [2.45, 2.75) is 6.42 Å². The largest absolute Gasteiger partial charge is 0.361 e. The van der Waals surface area contributed by atoms with Crippen molar-refractivity contribution < 1.29 is 14.4 Å². The van der Waals surface area contributed by atoms with Gasteiger partial charge in [-0.25, -0.2) is 0 Å². The molecule has 0 unspecified atom stereocenters. The number of hydrogen-bond donors (Lipinski definition) is 2. The molecule has 0 atom stereocenters. The summed E-state index contributed by atoms with van der Waals surface area (Å²) in [4.78, 5) is 41.2. The summed E-state index contributed by atoms with van der Waals surface area (Å²) in [6, 6.07) is 12.9. The van der Waals surface area contributed by atoms with Gasteiger partial charge in [0.1, 0.15) is 6.54 Å². The Balaban J connectivity index is 1.36. The standard InChI is InChI=1S/C20H16BrN3O3/c21-13-5-6-15-16(9-13)20(27)24(19(15)26)11-18(25)22-8-7-12-10-23-17-4-2-1-3-14(12)17/h1-6,9-10,23H,7-8,11H2,(H,22,25). The van der Waals surface area contributed by atoms with Gasteiger partial charge in [0.05, 0.1) is 11.1 Å². The van der Waals surface area contributed by atoms with Crippen molar-refractivity contribution >= 4 is 44.6 Å². The first kappa shape index (κ1) is 17.5. The Kier molecular flexibility index (Phi) is 4.53. The number of rotatable bonds is 5. The van der Waals surface area contributed by atoms with E-state index in [9.17, 15) is 14.4 Å². The van der Waals surface area contributed by atoms with Crippen molar-refractivity contribution in [2.24, 2.45) is 0 Å². The first-order chi connectivity index (χ1) is 13.0. The highest BCUT2D eigenvalue weighted by Gasteiger charge is 2.36. The molecule has 2 N–H and O–H groups in total. The number of carbonyl (C=O) groups excluding carboxylic acids is 3. The summed E-state index contributed by atoms with van der Waals surface area (Å²) in [5.41, 5.74) is 2.81. The Morgan fingerprint density at radius 3 is 2.70 bits per heavy atom. The second kappa shape index (κ2) is 7.00. The number of carbonyl (C=O) groups is 3. The van der Waals surface area contributed by atoms with Gasteiger partial charge in [-0.1, -0.05) is 34.1 Å². The van der Waals surface area contributed by atoms with Gasteiger partial charge in [0.15, 0.2) is 0 Å². The summed E-state index contributed by atoms with van der Waals surface area (Å²) in [5.74, 6) is -1.24. The van der Waals surface area contributed by atoms with Crippen LogP contribution in [0, 0.1) is 0 Å². The molecule has 0 aliphatic carbocycles. The molecule has 2 aromatic carbocycles. The summed E-state index contributed by atoms with van der Waals surface area (Å²) in [7, 11) is 0. The fourth-order valence-electron chi connectivity index (χ4n) is 3.28. The van der Waals surface area contributed by atoms with Gasteiger partial charge in [0.25, 0.3) is 11.8 Å². The van der Waals surface area contributed by atoms with Crippen LogP contribution in [-0.2, 0) is 11.2 Å². The number of nitrogens with one attached hydrogen (secondary N) is 2. The van der Waals surface area contributed by atoms with E-state index in [0.29, 0.717) is 28.6 Å². The molecular formula is C20H16BrN3O3. The zero-order valence-corrected chi connectivity index (χ0v) is 15.9. The molecule has 2 heterocycles. The molecule has 0 fully saturated rings. The number of para-hydroxylation sites is 1. The lowest BCUT2D eigenvalue weighted by Gasteiger charge is -2.13. The molecule has 0 saturated heterocycles. The summed E-state index contributed by atoms with van der Waals surface area (Å²) >= 11 is 3.29. The molecule has 27 heavy (non-hydrogen) atoms. The van der Waals surface area contributed by atoms with E-state index in [1.165, 1.54) is 0 Å². The van der Waals surface area contributed by atoms with Gasteiger partial charge in [-0.2, -0.15) is 0 Å². The van der Waals surface area contributed by atoms with E-state index in [0.717, 1.165) is 21.4 Å². The van der Waals surface area contributed by atoms with Gasteiger partial charge in [0.2, 0.25) is 5.91 Å². The Morgan fingerprint density at radius 1 is 1.07 bits per heavy atom. The maximum Gasteiger partial charge on any atom is 0.262 e. The van der Waals surface area contributed by atoms with E-state index >= 15 is 0 Å². The Morgan fingerprint density at radius 2 is 1.85 bits per heavy atom. The fourth-order valence-corrected chi connectivity index (χ4v) is 3.64. The van der Waals surface area contributed by atoms with E-state index in [1.807, 2.05) is 30.5 Å². The van der Waals surface area contributed by atoms with Crippen molar-refractivity contribution in [2.75, 3.05) is 13.1 Å². The average molecular weight is 426 g/mol. The summed E-state index contributed by atoms with van der Waals surface area (Å²) < 4.78 is 0.715. The number of nitrogens with zero attached hydrogens (tertiary/aromatic N) is 1. The van der Waals surface area contributed by atoms with Crippen LogP contribution in [0.1, 0.15) is 26.3 Å². The molecule has 4 rings (SSSR count). The Bertz CT molecular complexity index is 1070. The number of halogens is 1. The van der Waals surface area contributed by atoms with Crippen LogP contribution < -0.4 is 5.32 Å². The van der Waals surface area contributed by atoms with Crippen molar-refractivity contribution in [1.29, 1.82) is 0 Å². The number of imide groups is 1. The average Bonchev–Trinajstić information content (AvgIpc) is 3.17. The van der Waals surface area contributed by atoms with E-state index in [-0.39, 0.29) is 12.5 Å². The SMILES string of the molecule is O=C(CN1C(=O)c2ccc(Br)cc2C1=O)NCCc1c[nH]c2ccccc12. The molecule has 0 saturated carbocycles. The molecule has 0 spiro atoms. The number of hydrogen-bond acceptors (Lipinski definition) is 3. The monoisotopic (exact) mass is 425 g/mol. The minimum absolute atomic E-state index is 0.280. The van der Waals surface area contributed by atoms with Gasteiger partial charge >= 0.3 is 0 Å². The Hall–Kier alpha value is -2.93. The molecule has 7 heteroatoms. The van der Waals surface area contributed by atoms with Gasteiger partial charge in [-0.15, -0.1) is 0 Å². The van der Waals surface area contributed by atoms with E-state index in [2.05, 4.69) is 26.2 Å². The zero-order valence-electron chi connectivity index (χ0n) is 14.3. The molecule has 6 nitrogen and oxygen atoms in total. The lowest BCUT2D eigenvalue weighted by atomic mass is 10.1. The van der Waals surface area contributed by atoms with Crippen LogP contribution >= 0.6 is 15.9 Å². The fraction of sp³-hybridized carbons (Fsp3) is 0.150. The van der Waals surface area contributed by atoms with Crippen molar-refractivity contribution in [1.82, 2.24) is 15.2 Å². The van der Waals surface area contributed by atoms with Crippen LogP contribution in [0.4, 0.5) is 0 Å². The molecular weight excluding hydrogens is 410 g/mol. The maximum atomic E-state index is 12.4. The number of H-pyrrole nitrogens is 1. The molecule has 1 aliphatic heterocycles. The quantitative estimate of drug-likeness (QED) is 0.616. The second-order valence-corrected chi connectivity index (χ2v) is 7.26. The van der Waals surface area contributed by atoms with E-state index < -0.39 is 11.8 Å². The molecule has 3 amide bonds. The van der Waals surface area contributed by atoms with Crippen LogP contribution in [0.5, 0.6) is 0 Å². The number of aromatic nitrogens is 1. The number of benzene rings is 2. The van der Waals surface area contributed by atoms with Gasteiger partial charge in [0, 0.05) is 28.1 Å². The van der Waals surface area contributed by atoms with Crippen LogP contribution in [0.25, 0.3) is 10.9 Å². The van der Waals surface area contributed by atoms with Gasteiger partial charge < -0.3 is 10.3 Å². The molecule has 0 bridgehead atoms. The zero-order chi connectivity index (χ0) is 19.0. The highest BCUT2D eigenvalue weighted by Crippen LogP contribution is 2.25. The first-order valence-electron chi connectivity index (χ1n) is 8.52. The topological polar surface area (TPSA) is 82.3 Å². The predicted octanol–water partition coefficient (Wildman–Crippen LogP) is 2.89. The second-order valence-electron chi connectivity index (χ2n) is 6.35. The molecule has 1 aromatic heterocycles. The Labute approximate surface area is 163 Å². The number of aromatic amines is 1. The molecule has 0 radical (unpaired) electrons. The smallest absolute Gasteiger partial charge is 0.262 e. The van der Waals surface area contributed by atoms with Gasteiger partial charge in [-0.05, 0) is 36.2 Å². The minimum atomic E-state index is -0.442. The number of amides is 3. The van der Waals surface area contributed by atoms with Crippen molar-refractivity contribution in [3.05, 3.63) is 69.8 Å². The van der Waals surface area contributed by atoms with Gasteiger partial charge in [-0.3, -0.25) is 19.3 Å². The molecule has 136 valence electrons. The van der Waals surface area contributed by atoms with Crippen LogP contribution in [0.3, 0.4) is 0 Å². The summed E-state index contributed by atoms with van der Waals surface area (Å²) in [6.07, 6.45) is 2.59. The van der Waals surface area contributed by atoms with Crippen LogP contribution in [0.15, 0.2) is 53.1 Å². The highest BCUT2D eigenvalue weighted by atomic mass is 79.9.